The molecule has 0 aliphatic rings. The van der Waals surface area contributed by atoms with E-state index < -0.39 is 23.5 Å². The first-order valence-electron chi connectivity index (χ1n) is 5.64. The number of benzene rings is 2. The molecule has 5 heteroatoms. The van der Waals surface area contributed by atoms with Gasteiger partial charge in [0.05, 0.1) is 11.1 Å². The summed E-state index contributed by atoms with van der Waals surface area (Å²) in [5.74, 6) is -2.32. The number of anilines is 1. The van der Waals surface area contributed by atoms with Gasteiger partial charge in [0.2, 0.25) is 0 Å². The Hall–Kier alpha value is -1.68. The second-order valence-corrected chi connectivity index (χ2v) is 4.55. The molecular formula is C14H11ClF3N. The summed E-state index contributed by atoms with van der Waals surface area (Å²) < 4.78 is 39.7. The Bertz CT molecular complexity index is 601. The maximum absolute atomic E-state index is 13.6. The van der Waals surface area contributed by atoms with E-state index in [1.807, 2.05) is 0 Å². The zero-order chi connectivity index (χ0) is 14.0. The van der Waals surface area contributed by atoms with Gasteiger partial charge in [-0.1, -0.05) is 23.7 Å². The van der Waals surface area contributed by atoms with Gasteiger partial charge < -0.3 is 5.32 Å². The van der Waals surface area contributed by atoms with Gasteiger partial charge in [-0.2, -0.15) is 0 Å². The molecule has 1 N–H and O–H groups in total. The highest BCUT2D eigenvalue weighted by Crippen LogP contribution is 2.25. The average Bonchev–Trinajstić information content (AvgIpc) is 2.37. The van der Waals surface area contributed by atoms with Crippen LogP contribution >= 0.6 is 11.6 Å². The summed E-state index contributed by atoms with van der Waals surface area (Å²) in [7, 11) is 0. The van der Waals surface area contributed by atoms with E-state index in [0.717, 1.165) is 6.07 Å². The third kappa shape index (κ3) is 3.01. The third-order valence-electron chi connectivity index (χ3n) is 2.75. The molecule has 19 heavy (non-hydrogen) atoms. The van der Waals surface area contributed by atoms with Gasteiger partial charge in [0, 0.05) is 11.3 Å². The largest absolute Gasteiger partial charge is 0.378 e. The molecule has 2 aromatic rings. The fourth-order valence-electron chi connectivity index (χ4n) is 1.77. The molecule has 0 aliphatic heterocycles. The predicted octanol–water partition coefficient (Wildman–Crippen LogP) is 4.93. The Balaban J connectivity index is 2.23. The molecule has 1 unspecified atom stereocenters. The lowest BCUT2D eigenvalue weighted by molar-refractivity contribution is 0.494. The minimum Gasteiger partial charge on any atom is -0.378 e. The first kappa shape index (κ1) is 13.7. The highest BCUT2D eigenvalue weighted by atomic mass is 35.5. The summed E-state index contributed by atoms with van der Waals surface area (Å²) in [4.78, 5) is 0. The average molecular weight is 286 g/mol. The normalized spacial score (nSPS) is 12.3. The van der Waals surface area contributed by atoms with Crippen LogP contribution in [0.2, 0.25) is 5.02 Å². The molecule has 0 heterocycles. The number of rotatable bonds is 3. The lowest BCUT2D eigenvalue weighted by Crippen LogP contribution is -2.09. The molecule has 0 amide bonds. The maximum atomic E-state index is 13.6. The van der Waals surface area contributed by atoms with Crippen LogP contribution in [-0.4, -0.2) is 0 Å². The SMILES string of the molecule is CC(Nc1ccc(F)c(Cl)c1)c1cccc(F)c1F. The Morgan fingerprint density at radius 3 is 2.47 bits per heavy atom. The lowest BCUT2D eigenvalue weighted by atomic mass is 10.1. The van der Waals surface area contributed by atoms with Crippen molar-refractivity contribution < 1.29 is 13.2 Å². The minimum absolute atomic E-state index is 0.0306. The Labute approximate surface area is 114 Å². The maximum Gasteiger partial charge on any atom is 0.164 e. The Morgan fingerprint density at radius 2 is 1.79 bits per heavy atom. The van der Waals surface area contributed by atoms with Crippen LogP contribution in [0.1, 0.15) is 18.5 Å². The van der Waals surface area contributed by atoms with Crippen molar-refractivity contribution in [3.63, 3.8) is 0 Å². The molecule has 2 aromatic carbocycles. The number of halogens is 4. The zero-order valence-corrected chi connectivity index (χ0v) is 10.8. The van der Waals surface area contributed by atoms with E-state index in [1.165, 1.54) is 30.3 Å². The van der Waals surface area contributed by atoms with Crippen molar-refractivity contribution in [2.24, 2.45) is 0 Å². The van der Waals surface area contributed by atoms with Crippen molar-refractivity contribution in [3.8, 4) is 0 Å². The van der Waals surface area contributed by atoms with Gasteiger partial charge in [-0.3, -0.25) is 0 Å². The monoisotopic (exact) mass is 285 g/mol. The summed E-state index contributed by atoms with van der Waals surface area (Å²) >= 11 is 5.65. The summed E-state index contributed by atoms with van der Waals surface area (Å²) in [5, 5.41) is 2.91. The van der Waals surface area contributed by atoms with E-state index >= 15 is 0 Å². The van der Waals surface area contributed by atoms with Crippen LogP contribution in [-0.2, 0) is 0 Å². The highest BCUT2D eigenvalue weighted by Gasteiger charge is 2.14. The Morgan fingerprint density at radius 1 is 1.05 bits per heavy atom. The quantitative estimate of drug-likeness (QED) is 0.843. The second-order valence-electron chi connectivity index (χ2n) is 4.14. The van der Waals surface area contributed by atoms with E-state index in [4.69, 9.17) is 11.6 Å². The van der Waals surface area contributed by atoms with Gasteiger partial charge in [0.25, 0.3) is 0 Å². The van der Waals surface area contributed by atoms with Crippen molar-refractivity contribution in [1.82, 2.24) is 0 Å². The topological polar surface area (TPSA) is 12.0 Å². The number of hydrogen-bond acceptors (Lipinski definition) is 1. The molecule has 0 radical (unpaired) electrons. The number of nitrogens with one attached hydrogen (secondary N) is 1. The summed E-state index contributed by atoms with van der Waals surface area (Å²) in [6, 6.07) is 7.58. The van der Waals surface area contributed by atoms with Crippen LogP contribution < -0.4 is 5.32 Å². The summed E-state index contributed by atoms with van der Waals surface area (Å²) in [6.07, 6.45) is 0. The first-order chi connectivity index (χ1) is 8.99. The minimum atomic E-state index is -0.900. The van der Waals surface area contributed by atoms with E-state index in [9.17, 15) is 13.2 Å². The van der Waals surface area contributed by atoms with Crippen LogP contribution in [0.15, 0.2) is 36.4 Å². The lowest BCUT2D eigenvalue weighted by Gasteiger charge is -2.16. The van der Waals surface area contributed by atoms with Crippen LogP contribution in [0, 0.1) is 17.5 Å². The molecule has 0 fully saturated rings. The summed E-state index contributed by atoms with van der Waals surface area (Å²) in [5.41, 5.74) is 0.725. The fourth-order valence-corrected chi connectivity index (χ4v) is 1.95. The summed E-state index contributed by atoms with van der Waals surface area (Å²) in [6.45, 7) is 1.68. The van der Waals surface area contributed by atoms with Crippen molar-refractivity contribution in [3.05, 3.63) is 64.4 Å². The molecule has 1 atom stereocenters. The van der Waals surface area contributed by atoms with E-state index in [0.29, 0.717) is 5.69 Å². The van der Waals surface area contributed by atoms with Crippen molar-refractivity contribution in [1.29, 1.82) is 0 Å². The van der Waals surface area contributed by atoms with Crippen molar-refractivity contribution >= 4 is 17.3 Å². The first-order valence-corrected chi connectivity index (χ1v) is 6.02. The predicted molar refractivity (Wildman–Crippen MR) is 69.8 cm³/mol. The Kier molecular flexibility index (Phi) is 4.00. The molecular weight excluding hydrogens is 275 g/mol. The molecule has 100 valence electrons. The molecule has 0 aromatic heterocycles. The van der Waals surface area contributed by atoms with Gasteiger partial charge in [-0.05, 0) is 31.2 Å². The molecule has 0 aliphatic carbocycles. The molecule has 0 bridgehead atoms. The van der Waals surface area contributed by atoms with Crippen LogP contribution in [0.3, 0.4) is 0 Å². The molecule has 0 spiro atoms. The van der Waals surface area contributed by atoms with E-state index in [-0.39, 0.29) is 10.6 Å². The van der Waals surface area contributed by atoms with Crippen LogP contribution in [0.5, 0.6) is 0 Å². The van der Waals surface area contributed by atoms with Gasteiger partial charge in [-0.15, -0.1) is 0 Å². The molecule has 0 saturated carbocycles. The zero-order valence-electron chi connectivity index (χ0n) is 10.1. The van der Waals surface area contributed by atoms with Gasteiger partial charge in [0.1, 0.15) is 5.82 Å². The van der Waals surface area contributed by atoms with Crippen molar-refractivity contribution in [2.45, 2.75) is 13.0 Å². The smallest absolute Gasteiger partial charge is 0.164 e. The van der Waals surface area contributed by atoms with Crippen LogP contribution in [0.25, 0.3) is 0 Å². The molecule has 2 rings (SSSR count). The van der Waals surface area contributed by atoms with Gasteiger partial charge in [-0.25, -0.2) is 13.2 Å². The molecule has 0 saturated heterocycles. The fraction of sp³-hybridized carbons (Fsp3) is 0.143. The third-order valence-corrected chi connectivity index (χ3v) is 3.04. The second kappa shape index (κ2) is 5.53. The number of hydrogen-bond donors (Lipinski definition) is 1. The molecule has 1 nitrogen and oxygen atoms in total. The van der Waals surface area contributed by atoms with Gasteiger partial charge in [0.15, 0.2) is 11.6 Å². The van der Waals surface area contributed by atoms with Crippen molar-refractivity contribution in [2.75, 3.05) is 5.32 Å². The highest BCUT2D eigenvalue weighted by molar-refractivity contribution is 6.31. The standard InChI is InChI=1S/C14H11ClF3N/c1-8(10-3-2-4-13(17)14(10)18)19-9-5-6-12(16)11(15)7-9/h2-8,19H,1H3. The van der Waals surface area contributed by atoms with Crippen LogP contribution in [0.4, 0.5) is 18.9 Å². The van der Waals surface area contributed by atoms with E-state index in [2.05, 4.69) is 5.32 Å². The van der Waals surface area contributed by atoms with Gasteiger partial charge >= 0.3 is 0 Å². The van der Waals surface area contributed by atoms with E-state index in [1.54, 1.807) is 6.92 Å².